The maximum Gasteiger partial charge on any atom is 0.269 e. The third-order valence-corrected chi connectivity index (χ3v) is 3.00. The van der Waals surface area contributed by atoms with Crippen molar-refractivity contribution in [1.29, 1.82) is 0 Å². The van der Waals surface area contributed by atoms with E-state index in [9.17, 15) is 14.9 Å². The molecule has 0 fully saturated rings. The number of benzene rings is 2. The molecule has 0 radical (unpaired) electrons. The molecule has 2 aromatic carbocycles. The molecule has 2 rings (SSSR count). The van der Waals surface area contributed by atoms with E-state index in [0.717, 1.165) is 11.3 Å². The van der Waals surface area contributed by atoms with E-state index in [2.05, 4.69) is 5.32 Å². The molecule has 0 atom stereocenters. The van der Waals surface area contributed by atoms with E-state index in [0.29, 0.717) is 18.7 Å². The molecular weight excluding hydrogens is 284 g/mol. The zero-order valence-corrected chi connectivity index (χ0v) is 12.1. The van der Waals surface area contributed by atoms with E-state index in [1.165, 1.54) is 24.3 Å². The van der Waals surface area contributed by atoms with E-state index < -0.39 is 4.92 Å². The van der Waals surface area contributed by atoms with Crippen LogP contribution in [0.3, 0.4) is 0 Å². The fraction of sp³-hybridized carbons (Fsp3) is 0.188. The summed E-state index contributed by atoms with van der Waals surface area (Å²) in [4.78, 5) is 22.1. The predicted molar refractivity (Wildman–Crippen MR) is 81.9 cm³/mol. The van der Waals surface area contributed by atoms with Gasteiger partial charge in [-0.15, -0.1) is 0 Å². The van der Waals surface area contributed by atoms with Crippen LogP contribution in [0, 0.1) is 10.1 Å². The lowest BCUT2D eigenvalue weighted by Gasteiger charge is -2.08. The topological polar surface area (TPSA) is 81.5 Å². The molecule has 0 saturated carbocycles. The SMILES string of the molecule is CCOc1cccc(CNC(=O)c2ccc([N+](=O)[O-])cc2)c1. The molecule has 6 heteroatoms. The summed E-state index contributed by atoms with van der Waals surface area (Å²) < 4.78 is 5.40. The molecule has 0 saturated heterocycles. The van der Waals surface area contributed by atoms with Crippen LogP contribution in [0.5, 0.6) is 5.75 Å². The summed E-state index contributed by atoms with van der Waals surface area (Å²) in [5.41, 5.74) is 1.26. The molecule has 0 heterocycles. The molecule has 0 aliphatic heterocycles. The van der Waals surface area contributed by atoms with Gasteiger partial charge >= 0.3 is 0 Å². The van der Waals surface area contributed by atoms with Gasteiger partial charge in [0.15, 0.2) is 0 Å². The lowest BCUT2D eigenvalue weighted by Crippen LogP contribution is -2.22. The number of rotatable bonds is 6. The number of nitro benzene ring substituents is 1. The van der Waals surface area contributed by atoms with Crippen molar-refractivity contribution in [2.45, 2.75) is 13.5 Å². The van der Waals surface area contributed by atoms with Crippen LogP contribution in [0.1, 0.15) is 22.8 Å². The number of non-ortho nitro benzene ring substituents is 1. The second-order valence-corrected chi connectivity index (χ2v) is 4.57. The largest absolute Gasteiger partial charge is 0.494 e. The Kier molecular flexibility index (Phi) is 5.08. The van der Waals surface area contributed by atoms with E-state index in [1.807, 2.05) is 31.2 Å². The molecule has 0 aliphatic rings. The Morgan fingerprint density at radius 1 is 1.23 bits per heavy atom. The molecule has 0 bridgehead atoms. The van der Waals surface area contributed by atoms with E-state index in [1.54, 1.807) is 0 Å². The molecule has 2 aromatic rings. The number of ether oxygens (including phenoxy) is 1. The zero-order valence-electron chi connectivity index (χ0n) is 12.1. The molecular formula is C16H16N2O4. The van der Waals surface area contributed by atoms with Gasteiger partial charge in [0.05, 0.1) is 11.5 Å². The van der Waals surface area contributed by atoms with Crippen LogP contribution in [0.25, 0.3) is 0 Å². The van der Waals surface area contributed by atoms with Crippen molar-refractivity contribution in [3.63, 3.8) is 0 Å². The highest BCUT2D eigenvalue weighted by Gasteiger charge is 2.09. The van der Waals surface area contributed by atoms with Gasteiger partial charge in [-0.1, -0.05) is 12.1 Å². The van der Waals surface area contributed by atoms with Gasteiger partial charge in [-0.25, -0.2) is 0 Å². The molecule has 6 nitrogen and oxygen atoms in total. The number of nitrogens with zero attached hydrogens (tertiary/aromatic N) is 1. The summed E-state index contributed by atoms with van der Waals surface area (Å²) in [6.45, 7) is 2.85. The average Bonchev–Trinajstić information content (AvgIpc) is 2.53. The van der Waals surface area contributed by atoms with Crippen LogP contribution < -0.4 is 10.1 Å². The summed E-state index contributed by atoms with van der Waals surface area (Å²) in [6, 6.07) is 12.9. The molecule has 114 valence electrons. The zero-order chi connectivity index (χ0) is 15.9. The van der Waals surface area contributed by atoms with Crippen molar-refractivity contribution >= 4 is 11.6 Å². The van der Waals surface area contributed by atoms with Gasteiger partial charge < -0.3 is 10.1 Å². The normalized spacial score (nSPS) is 10.0. The lowest BCUT2D eigenvalue weighted by atomic mass is 10.1. The number of nitro groups is 1. The van der Waals surface area contributed by atoms with E-state index >= 15 is 0 Å². The summed E-state index contributed by atoms with van der Waals surface area (Å²) >= 11 is 0. The highest BCUT2D eigenvalue weighted by molar-refractivity contribution is 5.94. The smallest absolute Gasteiger partial charge is 0.269 e. The standard InChI is InChI=1S/C16H16N2O4/c1-2-22-15-5-3-4-12(10-15)11-17-16(19)13-6-8-14(9-7-13)18(20)21/h3-10H,2,11H2,1H3,(H,17,19). The van der Waals surface area contributed by atoms with Gasteiger partial charge in [0.25, 0.3) is 11.6 Å². The van der Waals surface area contributed by atoms with E-state index in [4.69, 9.17) is 4.74 Å². The minimum atomic E-state index is -0.499. The van der Waals surface area contributed by atoms with Crippen molar-refractivity contribution in [3.05, 3.63) is 69.8 Å². The van der Waals surface area contributed by atoms with Crippen LogP contribution >= 0.6 is 0 Å². The molecule has 0 aliphatic carbocycles. The highest BCUT2D eigenvalue weighted by atomic mass is 16.6. The molecule has 0 unspecified atom stereocenters. The van der Waals surface area contributed by atoms with Crippen molar-refractivity contribution in [2.75, 3.05) is 6.61 Å². The van der Waals surface area contributed by atoms with Gasteiger partial charge in [-0.05, 0) is 36.8 Å². The van der Waals surface area contributed by atoms with Crippen LogP contribution in [0.2, 0.25) is 0 Å². The molecule has 0 aromatic heterocycles. The van der Waals surface area contributed by atoms with Crippen molar-refractivity contribution < 1.29 is 14.5 Å². The fourth-order valence-corrected chi connectivity index (χ4v) is 1.93. The van der Waals surface area contributed by atoms with Crippen LogP contribution in [-0.2, 0) is 6.54 Å². The highest BCUT2D eigenvalue weighted by Crippen LogP contribution is 2.14. The van der Waals surface area contributed by atoms with Gasteiger partial charge in [0, 0.05) is 24.2 Å². The summed E-state index contributed by atoms with van der Waals surface area (Å²) in [5.74, 6) is 0.473. The molecule has 22 heavy (non-hydrogen) atoms. The van der Waals surface area contributed by atoms with Gasteiger partial charge in [0.2, 0.25) is 0 Å². The first-order valence-corrected chi connectivity index (χ1v) is 6.84. The minimum absolute atomic E-state index is 0.0408. The lowest BCUT2D eigenvalue weighted by molar-refractivity contribution is -0.384. The predicted octanol–water partition coefficient (Wildman–Crippen LogP) is 2.92. The van der Waals surface area contributed by atoms with Crippen LogP contribution in [0.4, 0.5) is 5.69 Å². The first-order valence-electron chi connectivity index (χ1n) is 6.84. The molecule has 0 spiro atoms. The summed E-state index contributed by atoms with van der Waals surface area (Å²) in [7, 11) is 0. The number of carbonyl (C=O) groups is 1. The second-order valence-electron chi connectivity index (χ2n) is 4.57. The van der Waals surface area contributed by atoms with Gasteiger partial charge in [0.1, 0.15) is 5.75 Å². The Balaban J connectivity index is 1.97. The molecule has 1 N–H and O–H groups in total. The Labute approximate surface area is 127 Å². The summed E-state index contributed by atoms with van der Waals surface area (Å²) in [5, 5.41) is 13.3. The van der Waals surface area contributed by atoms with Crippen LogP contribution in [0.15, 0.2) is 48.5 Å². The van der Waals surface area contributed by atoms with Crippen LogP contribution in [-0.4, -0.2) is 17.4 Å². The Morgan fingerprint density at radius 2 is 1.95 bits per heavy atom. The quantitative estimate of drug-likeness (QED) is 0.657. The number of hydrogen-bond acceptors (Lipinski definition) is 4. The Morgan fingerprint density at radius 3 is 2.59 bits per heavy atom. The number of hydrogen-bond donors (Lipinski definition) is 1. The van der Waals surface area contributed by atoms with Crippen molar-refractivity contribution in [2.24, 2.45) is 0 Å². The first-order chi connectivity index (χ1) is 10.6. The van der Waals surface area contributed by atoms with Gasteiger partial charge in [-0.3, -0.25) is 14.9 Å². The fourth-order valence-electron chi connectivity index (χ4n) is 1.93. The maximum atomic E-state index is 12.0. The Bertz CT molecular complexity index is 668. The minimum Gasteiger partial charge on any atom is -0.494 e. The average molecular weight is 300 g/mol. The number of amides is 1. The number of nitrogens with one attached hydrogen (secondary N) is 1. The van der Waals surface area contributed by atoms with Gasteiger partial charge in [-0.2, -0.15) is 0 Å². The van der Waals surface area contributed by atoms with E-state index in [-0.39, 0.29) is 11.6 Å². The maximum absolute atomic E-state index is 12.0. The molecule has 1 amide bonds. The third-order valence-electron chi connectivity index (χ3n) is 3.00. The van der Waals surface area contributed by atoms with Crippen molar-refractivity contribution in [1.82, 2.24) is 5.32 Å². The second kappa shape index (κ2) is 7.21. The van der Waals surface area contributed by atoms with Crippen molar-refractivity contribution in [3.8, 4) is 5.75 Å². The first kappa shape index (κ1) is 15.5. The number of carbonyl (C=O) groups excluding carboxylic acids is 1. The Hall–Kier alpha value is -2.89. The third kappa shape index (κ3) is 4.05. The summed E-state index contributed by atoms with van der Waals surface area (Å²) in [6.07, 6.45) is 0. The monoisotopic (exact) mass is 300 g/mol.